The number of aliphatic hydroxyl groups is 1. The van der Waals surface area contributed by atoms with Crippen LogP contribution in [0.3, 0.4) is 0 Å². The Hall–Kier alpha value is -2.53. The van der Waals surface area contributed by atoms with Gasteiger partial charge in [0.05, 0.1) is 11.6 Å². The summed E-state index contributed by atoms with van der Waals surface area (Å²) in [6, 6.07) is 12.1. The van der Waals surface area contributed by atoms with E-state index in [1.165, 1.54) is 0 Å². The van der Waals surface area contributed by atoms with Gasteiger partial charge in [0, 0.05) is 29.4 Å². The molecule has 2 atom stereocenters. The first-order chi connectivity index (χ1) is 11.8. The van der Waals surface area contributed by atoms with Crippen LogP contribution in [0.4, 0.5) is 5.82 Å². The lowest BCUT2D eigenvalue weighted by atomic mass is 9.93. The van der Waals surface area contributed by atoms with Crippen molar-refractivity contribution in [3.8, 4) is 11.4 Å². The number of rotatable bonds is 3. The fourth-order valence-electron chi connectivity index (χ4n) is 3.30. The zero-order chi connectivity index (χ0) is 16.4. The molecule has 1 aromatic carbocycles. The molecule has 0 spiro atoms. The van der Waals surface area contributed by atoms with Gasteiger partial charge in [-0.2, -0.15) is 0 Å². The molecule has 3 aromatic rings. The number of nitrogens with one attached hydrogen (secondary N) is 1. The number of hydrogen-bond acceptors (Lipinski definition) is 5. The molecule has 24 heavy (non-hydrogen) atoms. The summed E-state index contributed by atoms with van der Waals surface area (Å²) in [5, 5.41) is 14.5. The second-order valence-corrected chi connectivity index (χ2v) is 6.32. The van der Waals surface area contributed by atoms with E-state index in [-0.39, 0.29) is 12.1 Å². The molecule has 5 heteroatoms. The molecule has 2 aromatic heterocycles. The number of anilines is 1. The highest BCUT2D eigenvalue weighted by molar-refractivity contribution is 5.90. The molecule has 4 rings (SSSR count). The Balaban J connectivity index is 1.75. The molecule has 2 heterocycles. The molecule has 0 amide bonds. The van der Waals surface area contributed by atoms with Gasteiger partial charge in [0.1, 0.15) is 5.82 Å². The monoisotopic (exact) mass is 320 g/mol. The Kier molecular flexibility index (Phi) is 4.09. The van der Waals surface area contributed by atoms with Crippen molar-refractivity contribution in [2.75, 3.05) is 5.32 Å². The molecule has 1 saturated carbocycles. The molecule has 1 aliphatic carbocycles. The molecule has 2 N–H and O–H groups in total. The van der Waals surface area contributed by atoms with Gasteiger partial charge < -0.3 is 10.4 Å². The molecular formula is C19H20N4O. The van der Waals surface area contributed by atoms with E-state index in [4.69, 9.17) is 4.98 Å². The van der Waals surface area contributed by atoms with Gasteiger partial charge in [-0.15, -0.1) is 0 Å². The Morgan fingerprint density at radius 2 is 1.96 bits per heavy atom. The first kappa shape index (κ1) is 15.0. The van der Waals surface area contributed by atoms with Crippen molar-refractivity contribution in [1.29, 1.82) is 0 Å². The normalized spacial score (nSPS) is 20.9. The smallest absolute Gasteiger partial charge is 0.163 e. The Morgan fingerprint density at radius 3 is 2.79 bits per heavy atom. The lowest BCUT2D eigenvalue weighted by Crippen LogP contribution is -2.30. The van der Waals surface area contributed by atoms with Crippen LogP contribution in [0.5, 0.6) is 0 Å². The van der Waals surface area contributed by atoms with E-state index in [2.05, 4.69) is 15.3 Å². The highest BCUT2D eigenvalue weighted by Gasteiger charge is 2.21. The summed E-state index contributed by atoms with van der Waals surface area (Å²) in [6.45, 7) is 0. The Labute approximate surface area is 140 Å². The minimum Gasteiger partial charge on any atom is -0.393 e. The molecule has 2 unspecified atom stereocenters. The standard InChI is InChI=1S/C19H20N4O/c24-15-7-3-6-14(11-15)21-19-16-8-1-2-9-17(16)22-18(23-19)13-5-4-10-20-12-13/h1-2,4-5,8-10,12,14-15,24H,3,6-7,11H2,(H,21,22,23). The topological polar surface area (TPSA) is 70.9 Å². The maximum atomic E-state index is 9.92. The van der Waals surface area contributed by atoms with E-state index < -0.39 is 0 Å². The van der Waals surface area contributed by atoms with Gasteiger partial charge in [0.15, 0.2) is 5.82 Å². The van der Waals surface area contributed by atoms with Crippen LogP contribution in [0.1, 0.15) is 25.7 Å². The number of fused-ring (bicyclic) bond motifs is 1. The van der Waals surface area contributed by atoms with E-state index >= 15 is 0 Å². The third kappa shape index (κ3) is 3.08. The maximum Gasteiger partial charge on any atom is 0.163 e. The van der Waals surface area contributed by atoms with Crippen LogP contribution >= 0.6 is 0 Å². The van der Waals surface area contributed by atoms with E-state index in [9.17, 15) is 5.11 Å². The highest BCUT2D eigenvalue weighted by Crippen LogP contribution is 2.28. The van der Waals surface area contributed by atoms with Crippen molar-refractivity contribution in [2.24, 2.45) is 0 Å². The van der Waals surface area contributed by atoms with E-state index in [1.807, 2.05) is 36.4 Å². The van der Waals surface area contributed by atoms with Gasteiger partial charge >= 0.3 is 0 Å². The van der Waals surface area contributed by atoms with Gasteiger partial charge in [-0.1, -0.05) is 12.1 Å². The SMILES string of the molecule is OC1CCCC(Nc2nc(-c3cccnc3)nc3ccccc23)C1. The summed E-state index contributed by atoms with van der Waals surface area (Å²) >= 11 is 0. The van der Waals surface area contributed by atoms with Gasteiger partial charge in [0.2, 0.25) is 0 Å². The van der Waals surface area contributed by atoms with Crippen molar-refractivity contribution in [1.82, 2.24) is 15.0 Å². The summed E-state index contributed by atoms with van der Waals surface area (Å²) in [5.41, 5.74) is 1.81. The van der Waals surface area contributed by atoms with E-state index in [0.717, 1.165) is 48.0 Å². The zero-order valence-corrected chi connectivity index (χ0v) is 13.4. The quantitative estimate of drug-likeness (QED) is 0.774. The average Bonchev–Trinajstić information content (AvgIpc) is 2.62. The van der Waals surface area contributed by atoms with Crippen LogP contribution in [0.15, 0.2) is 48.8 Å². The van der Waals surface area contributed by atoms with Crippen molar-refractivity contribution in [3.63, 3.8) is 0 Å². The maximum absolute atomic E-state index is 9.92. The minimum atomic E-state index is -0.220. The van der Waals surface area contributed by atoms with E-state index in [0.29, 0.717) is 5.82 Å². The van der Waals surface area contributed by atoms with Crippen molar-refractivity contribution in [2.45, 2.75) is 37.8 Å². The minimum absolute atomic E-state index is 0.220. The van der Waals surface area contributed by atoms with Gasteiger partial charge in [-0.3, -0.25) is 4.98 Å². The molecule has 5 nitrogen and oxygen atoms in total. The number of hydrogen-bond donors (Lipinski definition) is 2. The number of aliphatic hydroxyl groups excluding tert-OH is 1. The number of nitrogens with zero attached hydrogens (tertiary/aromatic N) is 3. The predicted molar refractivity (Wildman–Crippen MR) is 94.7 cm³/mol. The van der Waals surface area contributed by atoms with Crippen LogP contribution in [0.25, 0.3) is 22.3 Å². The second-order valence-electron chi connectivity index (χ2n) is 6.32. The third-order valence-corrected chi connectivity index (χ3v) is 4.51. The number of aromatic nitrogens is 3. The lowest BCUT2D eigenvalue weighted by Gasteiger charge is -2.27. The summed E-state index contributed by atoms with van der Waals surface area (Å²) in [4.78, 5) is 13.6. The first-order valence-corrected chi connectivity index (χ1v) is 8.41. The Bertz CT molecular complexity index is 837. The second kappa shape index (κ2) is 6.53. The largest absolute Gasteiger partial charge is 0.393 e. The predicted octanol–water partition coefficient (Wildman–Crippen LogP) is 3.41. The highest BCUT2D eigenvalue weighted by atomic mass is 16.3. The van der Waals surface area contributed by atoms with Gasteiger partial charge in [-0.05, 0) is 49.9 Å². The van der Waals surface area contributed by atoms with Crippen molar-refractivity contribution < 1.29 is 5.11 Å². The molecule has 122 valence electrons. The third-order valence-electron chi connectivity index (χ3n) is 4.51. The van der Waals surface area contributed by atoms with E-state index in [1.54, 1.807) is 12.4 Å². The van der Waals surface area contributed by atoms with Crippen LogP contribution < -0.4 is 5.32 Å². The molecule has 0 aliphatic heterocycles. The van der Waals surface area contributed by atoms with Crippen LogP contribution in [-0.4, -0.2) is 32.2 Å². The Morgan fingerprint density at radius 1 is 1.04 bits per heavy atom. The fourth-order valence-corrected chi connectivity index (χ4v) is 3.30. The van der Waals surface area contributed by atoms with Crippen molar-refractivity contribution in [3.05, 3.63) is 48.8 Å². The van der Waals surface area contributed by atoms with Crippen LogP contribution in [0.2, 0.25) is 0 Å². The summed E-state index contributed by atoms with van der Waals surface area (Å²) in [7, 11) is 0. The number of pyridine rings is 1. The van der Waals surface area contributed by atoms with Crippen LogP contribution in [0, 0.1) is 0 Å². The van der Waals surface area contributed by atoms with Gasteiger partial charge in [0.25, 0.3) is 0 Å². The molecule has 0 saturated heterocycles. The molecular weight excluding hydrogens is 300 g/mol. The first-order valence-electron chi connectivity index (χ1n) is 8.41. The summed E-state index contributed by atoms with van der Waals surface area (Å²) < 4.78 is 0. The summed E-state index contributed by atoms with van der Waals surface area (Å²) in [5.74, 6) is 1.50. The number of benzene rings is 1. The number of para-hydroxylation sites is 1. The fraction of sp³-hybridized carbons (Fsp3) is 0.316. The molecule has 1 aliphatic rings. The molecule has 0 bridgehead atoms. The van der Waals surface area contributed by atoms with Crippen molar-refractivity contribution >= 4 is 16.7 Å². The lowest BCUT2D eigenvalue weighted by molar-refractivity contribution is 0.124. The molecule has 0 radical (unpaired) electrons. The van der Waals surface area contributed by atoms with Crippen LogP contribution in [-0.2, 0) is 0 Å². The average molecular weight is 320 g/mol. The zero-order valence-electron chi connectivity index (χ0n) is 13.4. The molecule has 1 fully saturated rings. The summed E-state index contributed by atoms with van der Waals surface area (Å²) in [6.07, 6.45) is 7.05. The van der Waals surface area contributed by atoms with Gasteiger partial charge in [-0.25, -0.2) is 9.97 Å².